The van der Waals surface area contributed by atoms with Crippen molar-refractivity contribution >= 4 is 0 Å². The Hall–Kier alpha value is -0.660. The molecule has 0 saturated heterocycles. The molecule has 226 valence electrons. The standard InChI is InChI=1S/C36H72N2/c1-4-7-10-13-15-17-19-20-22-24-26-28-31-36-37(32-29-12-9-6-3)34-35-38(36)33-30-27-25-23-21-18-16-14-11-8-5-2/h34-36H,4-33H2,1-3H3. The predicted octanol–water partition coefficient (Wildman–Crippen LogP) is 12.4. The maximum atomic E-state index is 2.70. The highest BCUT2D eigenvalue weighted by molar-refractivity contribution is 4.97. The number of hydrogen-bond acceptors (Lipinski definition) is 2. The summed E-state index contributed by atoms with van der Waals surface area (Å²) in [5.74, 6) is 0. The van der Waals surface area contributed by atoms with Gasteiger partial charge in [0.05, 0.1) is 0 Å². The second-order valence-electron chi connectivity index (χ2n) is 12.5. The van der Waals surface area contributed by atoms with Gasteiger partial charge in [0, 0.05) is 25.5 Å². The lowest BCUT2D eigenvalue weighted by atomic mass is 10.0. The average molecular weight is 533 g/mol. The van der Waals surface area contributed by atoms with Crippen molar-refractivity contribution in [2.75, 3.05) is 13.1 Å². The van der Waals surface area contributed by atoms with Crippen molar-refractivity contribution in [2.24, 2.45) is 0 Å². The van der Waals surface area contributed by atoms with Crippen LogP contribution in [0, 0.1) is 0 Å². The smallest absolute Gasteiger partial charge is 0.101 e. The van der Waals surface area contributed by atoms with Crippen molar-refractivity contribution < 1.29 is 0 Å². The van der Waals surface area contributed by atoms with E-state index in [9.17, 15) is 0 Å². The van der Waals surface area contributed by atoms with Gasteiger partial charge >= 0.3 is 0 Å². The van der Waals surface area contributed by atoms with Gasteiger partial charge in [0.25, 0.3) is 0 Å². The zero-order chi connectivity index (χ0) is 27.4. The maximum Gasteiger partial charge on any atom is 0.101 e. The minimum absolute atomic E-state index is 0.642. The average Bonchev–Trinajstić information content (AvgIpc) is 3.31. The van der Waals surface area contributed by atoms with E-state index in [2.05, 4.69) is 43.0 Å². The molecule has 0 aromatic carbocycles. The minimum atomic E-state index is 0.642. The Morgan fingerprint density at radius 3 is 0.947 bits per heavy atom. The topological polar surface area (TPSA) is 6.48 Å². The van der Waals surface area contributed by atoms with E-state index in [1.807, 2.05) is 0 Å². The maximum absolute atomic E-state index is 2.70. The molecule has 1 heterocycles. The molecule has 1 atom stereocenters. The summed E-state index contributed by atoms with van der Waals surface area (Å²) in [6.45, 7) is 9.47. The molecule has 0 aromatic heterocycles. The predicted molar refractivity (Wildman–Crippen MR) is 173 cm³/mol. The molecule has 0 N–H and O–H groups in total. The van der Waals surface area contributed by atoms with Gasteiger partial charge in [0.2, 0.25) is 0 Å². The third-order valence-electron chi connectivity index (χ3n) is 8.82. The van der Waals surface area contributed by atoms with Crippen LogP contribution in [0.25, 0.3) is 0 Å². The van der Waals surface area contributed by atoms with Gasteiger partial charge in [0.1, 0.15) is 6.17 Å². The van der Waals surface area contributed by atoms with Crippen molar-refractivity contribution in [1.29, 1.82) is 0 Å². The zero-order valence-electron chi connectivity index (χ0n) is 26.8. The molecule has 1 aliphatic rings. The first-order chi connectivity index (χ1) is 18.8. The van der Waals surface area contributed by atoms with Crippen molar-refractivity contribution in [3.05, 3.63) is 12.4 Å². The van der Waals surface area contributed by atoms with Gasteiger partial charge < -0.3 is 9.80 Å². The summed E-state index contributed by atoms with van der Waals surface area (Å²) in [4.78, 5) is 5.39. The fourth-order valence-corrected chi connectivity index (χ4v) is 6.19. The molecule has 0 aromatic rings. The Morgan fingerprint density at radius 2 is 0.605 bits per heavy atom. The van der Waals surface area contributed by atoms with Crippen LogP contribution in [0.15, 0.2) is 12.4 Å². The number of rotatable bonds is 30. The van der Waals surface area contributed by atoms with Crippen LogP contribution >= 0.6 is 0 Å². The zero-order valence-corrected chi connectivity index (χ0v) is 26.8. The van der Waals surface area contributed by atoms with Gasteiger partial charge in [-0.3, -0.25) is 0 Å². The van der Waals surface area contributed by atoms with E-state index in [1.54, 1.807) is 0 Å². The quantitative estimate of drug-likeness (QED) is 0.0848. The first-order valence-corrected chi connectivity index (χ1v) is 18.0. The molecule has 38 heavy (non-hydrogen) atoms. The van der Waals surface area contributed by atoms with Gasteiger partial charge in [-0.15, -0.1) is 0 Å². The lowest BCUT2D eigenvalue weighted by Gasteiger charge is -2.33. The molecule has 0 saturated carbocycles. The van der Waals surface area contributed by atoms with Crippen LogP contribution in [-0.2, 0) is 0 Å². The Morgan fingerprint density at radius 1 is 0.342 bits per heavy atom. The lowest BCUT2D eigenvalue weighted by molar-refractivity contribution is 0.135. The van der Waals surface area contributed by atoms with E-state index in [4.69, 9.17) is 0 Å². The Balaban J connectivity index is 2.16. The van der Waals surface area contributed by atoms with Crippen molar-refractivity contribution in [3.8, 4) is 0 Å². The van der Waals surface area contributed by atoms with Crippen LogP contribution < -0.4 is 0 Å². The molecular formula is C36H72N2. The summed E-state index contributed by atoms with van der Waals surface area (Å²) in [7, 11) is 0. The van der Waals surface area contributed by atoms with Crippen LogP contribution in [0.5, 0.6) is 0 Å². The molecule has 0 radical (unpaired) electrons. The summed E-state index contributed by atoms with van der Waals surface area (Å²) < 4.78 is 0. The molecule has 0 bridgehead atoms. The largest absolute Gasteiger partial charge is 0.356 e. The van der Waals surface area contributed by atoms with E-state index in [0.29, 0.717) is 6.17 Å². The molecule has 1 rings (SSSR count). The summed E-state index contributed by atoms with van der Waals surface area (Å²) >= 11 is 0. The number of hydrogen-bond donors (Lipinski definition) is 0. The van der Waals surface area contributed by atoms with Crippen molar-refractivity contribution in [2.45, 2.75) is 207 Å². The van der Waals surface area contributed by atoms with E-state index < -0.39 is 0 Å². The van der Waals surface area contributed by atoms with E-state index in [0.717, 1.165) is 0 Å². The highest BCUT2D eigenvalue weighted by Crippen LogP contribution is 2.24. The first-order valence-electron chi connectivity index (χ1n) is 18.0. The molecule has 2 nitrogen and oxygen atoms in total. The number of nitrogens with zero attached hydrogens (tertiary/aromatic N) is 2. The fourth-order valence-electron chi connectivity index (χ4n) is 6.19. The molecule has 0 amide bonds. The molecule has 0 aliphatic carbocycles. The van der Waals surface area contributed by atoms with Gasteiger partial charge in [-0.25, -0.2) is 0 Å². The minimum Gasteiger partial charge on any atom is -0.356 e. The highest BCUT2D eigenvalue weighted by Gasteiger charge is 2.24. The van der Waals surface area contributed by atoms with Crippen LogP contribution in [0.2, 0.25) is 0 Å². The van der Waals surface area contributed by atoms with Gasteiger partial charge in [-0.05, 0) is 25.7 Å². The third kappa shape index (κ3) is 20.3. The lowest BCUT2D eigenvalue weighted by Crippen LogP contribution is -2.39. The Bertz CT molecular complexity index is 488. The second-order valence-corrected chi connectivity index (χ2v) is 12.5. The molecule has 0 fully saturated rings. The van der Waals surface area contributed by atoms with Gasteiger partial charge in [-0.1, -0.05) is 175 Å². The van der Waals surface area contributed by atoms with Crippen LogP contribution in [0.4, 0.5) is 0 Å². The summed E-state index contributed by atoms with van der Waals surface area (Å²) in [5, 5.41) is 0. The molecular weight excluding hydrogens is 460 g/mol. The SMILES string of the molecule is CCCCCCCCCCCCCCC1N(CCCCCC)C=CN1CCCCCCCCCCCCC. The molecule has 1 unspecified atom stereocenters. The van der Waals surface area contributed by atoms with Crippen LogP contribution in [-0.4, -0.2) is 29.1 Å². The fraction of sp³-hybridized carbons (Fsp3) is 0.944. The van der Waals surface area contributed by atoms with Crippen molar-refractivity contribution in [3.63, 3.8) is 0 Å². The van der Waals surface area contributed by atoms with Gasteiger partial charge in [-0.2, -0.15) is 0 Å². The molecule has 0 spiro atoms. The first kappa shape index (κ1) is 35.4. The van der Waals surface area contributed by atoms with Gasteiger partial charge in [0.15, 0.2) is 0 Å². The molecule has 1 aliphatic heterocycles. The summed E-state index contributed by atoms with van der Waals surface area (Å²) in [6, 6.07) is 0. The Labute approximate surface area is 241 Å². The van der Waals surface area contributed by atoms with E-state index >= 15 is 0 Å². The van der Waals surface area contributed by atoms with E-state index in [-0.39, 0.29) is 0 Å². The van der Waals surface area contributed by atoms with Crippen LogP contribution in [0.1, 0.15) is 201 Å². The summed E-state index contributed by atoms with van der Waals surface area (Å²) in [5.41, 5.74) is 0. The van der Waals surface area contributed by atoms with E-state index in [1.165, 1.54) is 193 Å². The van der Waals surface area contributed by atoms with Crippen molar-refractivity contribution in [1.82, 2.24) is 9.80 Å². The van der Waals surface area contributed by atoms with Crippen LogP contribution in [0.3, 0.4) is 0 Å². The molecule has 2 heteroatoms. The normalized spacial score (nSPS) is 15.3. The monoisotopic (exact) mass is 533 g/mol. The highest BCUT2D eigenvalue weighted by atomic mass is 15.4. The summed E-state index contributed by atoms with van der Waals surface area (Å²) in [6.07, 6.45) is 45.5. The second kappa shape index (κ2) is 27.9. The third-order valence-corrected chi connectivity index (χ3v) is 8.82. The number of unbranched alkanes of at least 4 members (excludes halogenated alkanes) is 24. The Kier molecular flexibility index (Phi) is 26.0.